The molecule has 0 saturated carbocycles. The summed E-state index contributed by atoms with van der Waals surface area (Å²) < 4.78 is 108. The number of sulfone groups is 1. The molecule has 4 unspecified atom stereocenters. The number of nitrogens with one attached hydrogen (secondary N) is 4. The first-order valence-electron chi connectivity index (χ1n) is 47.8. The average molecular weight is 2270 g/mol. The molecule has 18 rings (SSSR count). The lowest BCUT2D eigenvalue weighted by Gasteiger charge is -2.23. The van der Waals surface area contributed by atoms with Gasteiger partial charge in [0.15, 0.2) is 21.8 Å². The SMILES string of the molecule is C.C.C.C.C.C.C.C.C.C=C1CCN(C)CC1.C=C1NC(=O)C(C)O1.C=C1NC(=O)C(C)S1.C=S1CCN(C)CC1.CN1CC(=O)NC1=O.CN1CCCC1=O.CN1CCCC1=O.CN1CCCC1=O.CN1CCCCC1=O.CN1CCCCC1=O.CN1CCCCC1=O.CN1CCCOC1=O.CN1CCCS1(=O)=O.CN1CCCS1=O.CN1CCCS1=O.CN1CCNS1(=O)=O.CN1CCOCC1=O.CN1CCS(=O)(=O)CC1. The van der Waals surface area contributed by atoms with Crippen LogP contribution in [-0.2, 0) is 114 Å². The molecule has 4 N–H and O–H groups in total. The van der Waals surface area contributed by atoms with Crippen molar-refractivity contribution in [3.05, 3.63) is 36.2 Å². The van der Waals surface area contributed by atoms with Gasteiger partial charge in [0.1, 0.15) is 13.2 Å². The molecule has 4 atom stereocenters. The highest BCUT2D eigenvalue weighted by atomic mass is 32.2. The number of likely N-dealkylation sites (tertiary alicyclic amines) is 7. The number of thioether (sulfide) groups is 1. The van der Waals surface area contributed by atoms with Crippen molar-refractivity contribution < 1.29 is 105 Å². The van der Waals surface area contributed by atoms with Crippen molar-refractivity contribution in [1.82, 2.24) is 96.7 Å². The molecule has 0 aromatic carbocycles. The number of urea groups is 1. The molecule has 43 nitrogen and oxygen atoms in total. The Hall–Kier alpha value is -7.18. The molecule has 18 fully saturated rings. The first kappa shape index (κ1) is 159. The van der Waals surface area contributed by atoms with E-state index in [4.69, 9.17) is 9.47 Å². The number of nitrogens with zero attached hydrogens (tertiary/aromatic N) is 16. The van der Waals surface area contributed by atoms with Crippen molar-refractivity contribution in [3.8, 4) is 0 Å². The number of rotatable bonds is 0. The Morgan fingerprint density at radius 2 is 0.745 bits per heavy atom. The molecule has 50 heteroatoms. The summed E-state index contributed by atoms with van der Waals surface area (Å²) in [7, 11) is 20.2. The van der Waals surface area contributed by atoms with Gasteiger partial charge >= 0.3 is 12.1 Å². The Balaban J connectivity index is -0.000000198. The number of hydrogen-bond donors (Lipinski definition) is 4. The predicted molar refractivity (Wildman–Crippen MR) is 616 cm³/mol. The van der Waals surface area contributed by atoms with Gasteiger partial charge in [0.05, 0.1) is 62.7 Å². The summed E-state index contributed by atoms with van der Waals surface area (Å²) in [5.41, 5.74) is 1.42. The quantitative estimate of drug-likeness (QED) is 0.102. The third-order valence-electron chi connectivity index (χ3n) is 23.4. The lowest BCUT2D eigenvalue weighted by molar-refractivity contribution is -0.141. The summed E-state index contributed by atoms with van der Waals surface area (Å²) in [6.45, 7) is 33.6. The van der Waals surface area contributed by atoms with E-state index in [1.807, 2.05) is 83.9 Å². The van der Waals surface area contributed by atoms with E-state index in [1.54, 1.807) is 81.4 Å². The number of hydrogen-bond acceptors (Lipinski definition) is 27. The van der Waals surface area contributed by atoms with Crippen LogP contribution in [0.1, 0.15) is 216 Å². The molecule has 13 amide bonds. The van der Waals surface area contributed by atoms with Crippen molar-refractivity contribution in [1.29, 1.82) is 0 Å². The molecule has 0 aliphatic carbocycles. The summed E-state index contributed by atoms with van der Waals surface area (Å²) in [5.74, 6) is 11.4. The van der Waals surface area contributed by atoms with E-state index in [0.717, 1.165) is 185 Å². The maximum Gasteiger partial charge on any atom is 0.409 e. The Morgan fingerprint density at radius 1 is 0.362 bits per heavy atom. The highest BCUT2D eigenvalue weighted by Gasteiger charge is 2.29. The van der Waals surface area contributed by atoms with Gasteiger partial charge in [-0.25, -0.2) is 52.5 Å². The fourth-order valence-electron chi connectivity index (χ4n) is 13.2. The largest absolute Gasteiger partial charge is 0.466 e. The molecule has 149 heavy (non-hydrogen) atoms. The normalized spacial score (nSPS) is 23.4. The standard InChI is InChI=1S/C7H13N.3C6H11NO.C6H13NS.C5H11NO2S.2C5H9NO2.C5H7NO2.C5H7NOS.3C5H9NO.C4H6N2O2.C4H9NO2S.2C4H9NOS.C3H8N2O2S.9CH4/c1-7-3-5-8(2)6-4-7;3*1-7-5-3-2-4-6(7)8;1-7-3-5-8(2)6-4-7;1-6-2-4-9(7,8)5-3-6;1-6-2-3-8-4-5(6)7;1-6-3-2-4-8-5(6)7;2*1-3-5(7)6-4(2)8-3;3*1-6-4-2-3-5(6)7;1-6-2-3(7)5-4(6)8;1-5-3-2-4-8(5,6)7;2*1-5-3-2-4-7(5)6;1-5-3-2-4-8(5,6)7;;;;;;;;;/h1,3-6H2,2H3;3*2-5H2,1H3;2-6H2,1H3;2-5H2,1H3;2*2-4H2,1H3;2*3H,2H2,1H3,(H,6,7);3*2-4H2,1H3;2H2,1H3,(H,5,7,8);2-4H2,1H3;2*2-4H2,1H3;4H,2-3H2,1H3;9*1H4. The third kappa shape index (κ3) is 73.8. The smallest absolute Gasteiger partial charge is 0.409 e. The van der Waals surface area contributed by atoms with Gasteiger partial charge in [-0.05, 0) is 152 Å². The summed E-state index contributed by atoms with van der Waals surface area (Å²) in [6.07, 6.45) is 20.3. The molecule has 18 aliphatic heterocycles. The minimum atomic E-state index is -3.04. The molecular formula is C99H206N20O23S7. The maximum atomic E-state index is 10.8. The van der Waals surface area contributed by atoms with E-state index in [0.29, 0.717) is 115 Å². The third-order valence-corrected chi connectivity index (χ3v) is 34.0. The number of carbonyl (C=O) groups is 12. The molecule has 0 aromatic rings. The fraction of sp³-hybridized carbons (Fsp3) is 0.808. The first-order chi connectivity index (χ1) is 65.6. The number of sulfonamides is 1. The van der Waals surface area contributed by atoms with Gasteiger partial charge in [-0.3, -0.25) is 58.6 Å². The van der Waals surface area contributed by atoms with E-state index in [1.165, 1.54) is 101 Å². The van der Waals surface area contributed by atoms with Gasteiger partial charge in [-0.1, -0.05) is 103 Å². The molecule has 18 saturated heterocycles. The van der Waals surface area contributed by atoms with Crippen LogP contribution >= 0.6 is 22.2 Å². The van der Waals surface area contributed by atoms with Crippen molar-refractivity contribution in [2.45, 2.75) is 227 Å². The van der Waals surface area contributed by atoms with Crippen LogP contribution in [0.4, 0.5) is 9.59 Å². The van der Waals surface area contributed by atoms with E-state index in [-0.39, 0.29) is 127 Å². The minimum absolute atomic E-state index is 0. The van der Waals surface area contributed by atoms with Crippen molar-refractivity contribution in [2.24, 2.45) is 0 Å². The number of morpholine rings is 1. The van der Waals surface area contributed by atoms with Crippen LogP contribution < -0.4 is 20.7 Å². The number of piperidine rings is 4. The van der Waals surface area contributed by atoms with Crippen LogP contribution in [0.25, 0.3) is 0 Å². The van der Waals surface area contributed by atoms with Crippen LogP contribution in [-0.4, -0.2) is 502 Å². The summed E-state index contributed by atoms with van der Waals surface area (Å²) >= 11 is 1.47. The molecular weight excluding hydrogens is 2060 g/mol. The Morgan fingerprint density at radius 3 is 0.913 bits per heavy atom. The molecule has 0 bridgehead atoms. The maximum absolute atomic E-state index is 10.8. The van der Waals surface area contributed by atoms with Crippen LogP contribution in [0.2, 0.25) is 0 Å². The second kappa shape index (κ2) is 87.1. The van der Waals surface area contributed by atoms with Crippen molar-refractivity contribution in [3.63, 3.8) is 0 Å². The van der Waals surface area contributed by atoms with Crippen LogP contribution in [0.5, 0.6) is 0 Å². The highest BCUT2D eigenvalue weighted by molar-refractivity contribution is 8.14. The van der Waals surface area contributed by atoms with Gasteiger partial charge in [0.2, 0.25) is 63.2 Å². The first-order valence-corrected chi connectivity index (χ1v) is 57.9. The monoisotopic (exact) mass is 2270 g/mol. The van der Waals surface area contributed by atoms with Crippen LogP contribution in [0.15, 0.2) is 36.2 Å². The second-order valence-electron chi connectivity index (χ2n) is 35.9. The number of amides is 13. The minimum Gasteiger partial charge on any atom is -0.466 e. The Bertz CT molecular complexity index is 3870. The number of imide groups is 1. The van der Waals surface area contributed by atoms with Gasteiger partial charge in [-0.15, -0.1) is 0 Å². The molecule has 0 spiro atoms. The molecule has 882 valence electrons. The number of cyclic esters (lactones) is 1. The topological polar surface area (TPSA) is 469 Å². The number of ether oxygens (including phenoxy) is 3. The molecule has 18 aliphatic rings. The van der Waals surface area contributed by atoms with Gasteiger partial charge in [-0.2, -0.15) is 23.2 Å². The molecule has 0 aromatic heterocycles. The zero-order chi connectivity index (χ0) is 106. The highest BCUT2D eigenvalue weighted by Crippen LogP contribution is 2.24. The molecule has 0 radical (unpaired) electrons. The van der Waals surface area contributed by atoms with Crippen LogP contribution in [0, 0.1) is 0 Å². The average Bonchev–Trinajstić information content (AvgIpc) is 1.72. The lowest BCUT2D eigenvalue weighted by Crippen LogP contribution is -2.38. The zero-order valence-corrected chi connectivity index (χ0v) is 92.7. The van der Waals surface area contributed by atoms with Gasteiger partial charge < -0.3 is 78.3 Å². The van der Waals surface area contributed by atoms with E-state index in [9.17, 15) is 91.2 Å². The number of likely N-dealkylation sites (N-methyl/N-ethyl adjacent to an activating group) is 3. The fourth-order valence-corrected chi connectivity index (χ4v) is 20.9. The van der Waals surface area contributed by atoms with E-state index in [2.05, 4.69) is 74.9 Å². The Labute approximate surface area is 914 Å². The van der Waals surface area contributed by atoms with Crippen molar-refractivity contribution >= 4 is 151 Å². The summed E-state index contributed by atoms with van der Waals surface area (Å²) in [4.78, 5) is 148. The van der Waals surface area contributed by atoms with Crippen molar-refractivity contribution in [2.75, 3.05) is 304 Å². The van der Waals surface area contributed by atoms with E-state index < -0.39 is 52.0 Å². The van der Waals surface area contributed by atoms with Gasteiger partial charge in [0.25, 0.3) is 16.1 Å². The Kier molecular flexibility index (Phi) is 93.2. The zero-order valence-electron chi connectivity index (χ0n) is 86.9. The van der Waals surface area contributed by atoms with Crippen LogP contribution in [0.3, 0.4) is 0 Å². The number of carbonyl (C=O) groups excluding carboxylic acids is 12. The van der Waals surface area contributed by atoms with Gasteiger partial charge in [0, 0.05) is 263 Å². The lowest BCUT2D eigenvalue weighted by atomic mass is 10.1. The predicted octanol–water partition coefficient (Wildman–Crippen LogP) is 7.77. The molecule has 18 heterocycles. The summed E-state index contributed by atoms with van der Waals surface area (Å²) in [5, 5.41) is 7.95. The van der Waals surface area contributed by atoms with E-state index >= 15 is 0 Å². The second-order valence-corrected chi connectivity index (χ2v) is 49.1. The summed E-state index contributed by atoms with van der Waals surface area (Å²) in [6, 6.07) is -0.310.